The zero-order valence-electron chi connectivity index (χ0n) is 10.5. The molecule has 0 aromatic carbocycles. The Morgan fingerprint density at radius 3 is 2.84 bits per heavy atom. The van der Waals surface area contributed by atoms with Crippen LogP contribution in [0.2, 0.25) is 0 Å². The maximum Gasteiger partial charge on any atom is 0.313 e. The summed E-state index contributed by atoms with van der Waals surface area (Å²) in [7, 11) is 0. The number of ketones is 1. The van der Waals surface area contributed by atoms with Crippen LogP contribution in [0.4, 0.5) is 0 Å². The van der Waals surface area contributed by atoms with Gasteiger partial charge in [-0.05, 0) is 24.7 Å². The lowest BCUT2D eigenvalue weighted by molar-refractivity contribution is -0.145. The van der Waals surface area contributed by atoms with Gasteiger partial charge in [-0.15, -0.1) is 23.5 Å². The average Bonchev–Trinajstić information content (AvgIpc) is 2.78. The second-order valence-corrected chi connectivity index (χ2v) is 6.09. The highest BCUT2D eigenvalue weighted by molar-refractivity contribution is 8.02. The van der Waals surface area contributed by atoms with E-state index in [-0.39, 0.29) is 24.6 Å². The molecular formula is C11H12N2O3S3. The summed E-state index contributed by atoms with van der Waals surface area (Å²) < 4.78 is 9.54. The molecule has 0 amide bonds. The van der Waals surface area contributed by atoms with Crippen molar-refractivity contribution in [2.45, 2.75) is 22.6 Å². The lowest BCUT2D eigenvalue weighted by atomic mass is 10.3. The van der Waals surface area contributed by atoms with Gasteiger partial charge in [-0.1, -0.05) is 0 Å². The molecule has 0 aliphatic carbocycles. The van der Waals surface area contributed by atoms with E-state index in [1.165, 1.54) is 35.1 Å². The molecule has 0 radical (unpaired) electrons. The molecule has 8 heteroatoms. The molecular weight excluding hydrogens is 304 g/mol. The fraction of sp³-hybridized carbons (Fsp3) is 0.455. The number of carbonyl (C=O) groups excluding carboxylic acids is 2. The normalized spacial score (nSPS) is 9.95. The van der Waals surface area contributed by atoms with Gasteiger partial charge in [0.1, 0.15) is 27.3 Å². The van der Waals surface area contributed by atoms with Crippen LogP contribution in [0, 0.1) is 11.3 Å². The molecule has 0 saturated heterocycles. The molecule has 0 spiro atoms. The minimum atomic E-state index is -0.511. The number of aromatic nitrogens is 1. The van der Waals surface area contributed by atoms with E-state index < -0.39 is 5.97 Å². The standard InChI is InChI=1S/C11H12N2O3S3/c1-3-16-9(15)4-7(14)6-18-11-8(5-12)10(17-2)13-19-11/h3-4,6H2,1-2H3. The third-order valence-corrected chi connectivity index (χ3v) is 4.90. The van der Waals surface area contributed by atoms with E-state index in [9.17, 15) is 9.59 Å². The van der Waals surface area contributed by atoms with Crippen LogP contribution in [0.1, 0.15) is 18.9 Å². The summed E-state index contributed by atoms with van der Waals surface area (Å²) in [5.41, 5.74) is 0.506. The number of carbonyl (C=O) groups is 2. The van der Waals surface area contributed by atoms with E-state index >= 15 is 0 Å². The number of Topliss-reactive ketones (excluding diaryl/α,β-unsaturated/α-hetero) is 1. The number of hydrogen-bond donors (Lipinski definition) is 0. The van der Waals surface area contributed by atoms with Gasteiger partial charge in [-0.25, -0.2) is 0 Å². The second-order valence-electron chi connectivity index (χ2n) is 3.28. The van der Waals surface area contributed by atoms with E-state index in [1.807, 2.05) is 6.26 Å². The zero-order valence-corrected chi connectivity index (χ0v) is 12.9. The van der Waals surface area contributed by atoms with E-state index in [0.717, 1.165) is 0 Å². The van der Waals surface area contributed by atoms with Crippen LogP contribution in [-0.4, -0.2) is 34.7 Å². The van der Waals surface area contributed by atoms with Gasteiger partial charge in [0.15, 0.2) is 5.78 Å². The molecule has 1 heterocycles. The predicted molar refractivity (Wildman–Crippen MR) is 75.6 cm³/mol. The molecule has 0 atom stereocenters. The van der Waals surface area contributed by atoms with Crippen LogP contribution in [0.5, 0.6) is 0 Å². The number of ether oxygens (including phenoxy) is 1. The summed E-state index contributed by atoms with van der Waals surface area (Å²) in [5.74, 6) is -0.585. The molecule has 0 aliphatic rings. The molecule has 19 heavy (non-hydrogen) atoms. The first-order chi connectivity index (χ1) is 9.12. The third-order valence-electron chi connectivity index (χ3n) is 1.95. The lowest BCUT2D eigenvalue weighted by Gasteiger charge is -2.00. The summed E-state index contributed by atoms with van der Waals surface area (Å²) in [5, 5.41) is 9.70. The molecule has 1 aromatic rings. The minimum absolute atomic E-state index is 0.142. The first kappa shape index (κ1) is 16.0. The Kier molecular flexibility index (Phi) is 6.91. The second kappa shape index (κ2) is 8.19. The quantitative estimate of drug-likeness (QED) is 0.434. The molecule has 0 aliphatic heterocycles. The monoisotopic (exact) mass is 316 g/mol. The van der Waals surface area contributed by atoms with Crippen molar-refractivity contribution < 1.29 is 14.3 Å². The lowest BCUT2D eigenvalue weighted by Crippen LogP contribution is -2.12. The highest BCUT2D eigenvalue weighted by Crippen LogP contribution is 2.33. The van der Waals surface area contributed by atoms with E-state index in [1.54, 1.807) is 6.92 Å². The van der Waals surface area contributed by atoms with Gasteiger partial charge in [-0.2, -0.15) is 9.64 Å². The zero-order chi connectivity index (χ0) is 14.3. The smallest absolute Gasteiger partial charge is 0.313 e. The van der Waals surface area contributed by atoms with Gasteiger partial charge in [0.25, 0.3) is 0 Å². The number of esters is 1. The molecule has 5 nitrogen and oxygen atoms in total. The Hall–Kier alpha value is -1.04. The maximum atomic E-state index is 11.6. The van der Waals surface area contributed by atoms with Gasteiger partial charge in [0, 0.05) is 0 Å². The number of nitrogens with zero attached hydrogens (tertiary/aromatic N) is 2. The maximum absolute atomic E-state index is 11.6. The van der Waals surface area contributed by atoms with Gasteiger partial charge in [0.2, 0.25) is 0 Å². The van der Waals surface area contributed by atoms with Crippen molar-refractivity contribution in [1.29, 1.82) is 5.26 Å². The Bertz CT molecular complexity index is 508. The Balaban J connectivity index is 2.53. The largest absolute Gasteiger partial charge is 0.466 e. The van der Waals surface area contributed by atoms with Crippen LogP contribution in [0.15, 0.2) is 9.24 Å². The number of thioether (sulfide) groups is 2. The van der Waals surface area contributed by atoms with Crippen LogP contribution >= 0.6 is 35.1 Å². The van der Waals surface area contributed by atoms with Crippen LogP contribution in [0.25, 0.3) is 0 Å². The Morgan fingerprint density at radius 1 is 1.53 bits per heavy atom. The summed E-state index contributed by atoms with van der Waals surface area (Å²) in [6.45, 7) is 1.96. The average molecular weight is 316 g/mol. The van der Waals surface area contributed by atoms with Gasteiger partial charge >= 0.3 is 5.97 Å². The summed E-state index contributed by atoms with van der Waals surface area (Å²) in [4.78, 5) is 22.7. The number of nitriles is 1. The summed E-state index contributed by atoms with van der Waals surface area (Å²) >= 11 is 3.83. The Labute approximate surface area is 123 Å². The Morgan fingerprint density at radius 2 is 2.26 bits per heavy atom. The summed E-state index contributed by atoms with van der Waals surface area (Å²) in [6, 6.07) is 2.08. The third kappa shape index (κ3) is 4.86. The molecule has 1 aromatic heterocycles. The highest BCUT2D eigenvalue weighted by atomic mass is 32.2. The molecule has 0 unspecified atom stereocenters. The molecule has 1 rings (SSSR count). The molecule has 0 fully saturated rings. The van der Waals surface area contributed by atoms with Crippen molar-refractivity contribution in [3.8, 4) is 6.07 Å². The van der Waals surface area contributed by atoms with Gasteiger partial charge in [-0.3, -0.25) is 9.59 Å². The molecule has 102 valence electrons. The van der Waals surface area contributed by atoms with Gasteiger partial charge in [0.05, 0.1) is 12.4 Å². The molecule has 0 saturated carbocycles. The first-order valence-corrected chi connectivity index (χ1v) is 8.34. The van der Waals surface area contributed by atoms with E-state index in [0.29, 0.717) is 14.8 Å². The van der Waals surface area contributed by atoms with Crippen molar-refractivity contribution in [2.75, 3.05) is 18.6 Å². The number of hydrogen-bond acceptors (Lipinski definition) is 8. The van der Waals surface area contributed by atoms with Crippen LogP contribution < -0.4 is 0 Å². The van der Waals surface area contributed by atoms with Crippen molar-refractivity contribution in [1.82, 2.24) is 4.37 Å². The first-order valence-electron chi connectivity index (χ1n) is 5.36. The van der Waals surface area contributed by atoms with Crippen molar-refractivity contribution in [3.63, 3.8) is 0 Å². The molecule has 0 N–H and O–H groups in total. The topological polar surface area (TPSA) is 80.1 Å². The van der Waals surface area contributed by atoms with Crippen molar-refractivity contribution >= 4 is 46.8 Å². The van der Waals surface area contributed by atoms with Crippen molar-refractivity contribution in [3.05, 3.63) is 5.56 Å². The fourth-order valence-corrected chi connectivity index (χ4v) is 3.72. The fourth-order valence-electron chi connectivity index (χ4n) is 1.16. The van der Waals surface area contributed by atoms with Crippen LogP contribution in [0.3, 0.4) is 0 Å². The highest BCUT2D eigenvalue weighted by Gasteiger charge is 2.16. The summed E-state index contributed by atoms with van der Waals surface area (Å²) in [6.07, 6.45) is 1.62. The van der Waals surface area contributed by atoms with E-state index in [2.05, 4.69) is 10.4 Å². The van der Waals surface area contributed by atoms with Crippen molar-refractivity contribution in [2.24, 2.45) is 0 Å². The van der Waals surface area contributed by atoms with Gasteiger partial charge < -0.3 is 4.74 Å². The predicted octanol–water partition coefficient (Wildman–Crippen LogP) is 2.35. The van der Waals surface area contributed by atoms with Crippen LogP contribution in [-0.2, 0) is 14.3 Å². The number of rotatable bonds is 7. The SMILES string of the molecule is CCOC(=O)CC(=O)CSc1snc(SC)c1C#N. The molecule has 0 bridgehead atoms. The minimum Gasteiger partial charge on any atom is -0.466 e. The van der Waals surface area contributed by atoms with E-state index in [4.69, 9.17) is 10.00 Å².